The van der Waals surface area contributed by atoms with Crippen molar-refractivity contribution in [1.82, 2.24) is 19.9 Å². The number of benzene rings is 1. The molecule has 2 aromatic rings. The molecule has 1 aromatic carbocycles. The van der Waals surface area contributed by atoms with Crippen LogP contribution in [0.4, 0.5) is 0 Å². The molecule has 106 valence electrons. The number of hydrogen-bond acceptors (Lipinski definition) is 4. The molecule has 0 aliphatic carbocycles. The maximum absolute atomic E-state index is 5.83. The van der Waals surface area contributed by atoms with E-state index in [0.29, 0.717) is 12.0 Å². The molecule has 1 aliphatic rings. The Bertz CT molecular complexity index is 591. The van der Waals surface area contributed by atoms with E-state index in [-0.39, 0.29) is 0 Å². The van der Waals surface area contributed by atoms with Crippen LogP contribution in [0.15, 0.2) is 30.5 Å². The maximum Gasteiger partial charge on any atom is 0.0904 e. The first-order valence-electron chi connectivity index (χ1n) is 7.07. The molecule has 0 amide bonds. The Kier molecular flexibility index (Phi) is 3.54. The van der Waals surface area contributed by atoms with Gasteiger partial charge < -0.3 is 5.73 Å². The topological polar surface area (TPSA) is 60.0 Å². The van der Waals surface area contributed by atoms with Gasteiger partial charge in [-0.05, 0) is 44.5 Å². The SMILES string of the molecule is Cc1cnn(-c2ccccc2C2CC(CN)CN2C)n1. The third-order valence-electron chi connectivity index (χ3n) is 4.09. The first kappa shape index (κ1) is 13.3. The van der Waals surface area contributed by atoms with Crippen molar-refractivity contribution in [3.05, 3.63) is 41.7 Å². The minimum Gasteiger partial charge on any atom is -0.330 e. The highest BCUT2D eigenvalue weighted by Gasteiger charge is 2.31. The fraction of sp³-hybridized carbons (Fsp3) is 0.467. The number of hydrogen-bond donors (Lipinski definition) is 1. The smallest absolute Gasteiger partial charge is 0.0904 e. The summed E-state index contributed by atoms with van der Waals surface area (Å²) >= 11 is 0. The van der Waals surface area contributed by atoms with Gasteiger partial charge in [-0.3, -0.25) is 4.90 Å². The van der Waals surface area contributed by atoms with Crippen molar-refractivity contribution < 1.29 is 0 Å². The highest BCUT2D eigenvalue weighted by atomic mass is 15.5. The molecule has 0 bridgehead atoms. The van der Waals surface area contributed by atoms with Gasteiger partial charge in [0.25, 0.3) is 0 Å². The van der Waals surface area contributed by atoms with Crippen LogP contribution in [0, 0.1) is 12.8 Å². The molecule has 0 saturated carbocycles. The van der Waals surface area contributed by atoms with Crippen molar-refractivity contribution in [2.45, 2.75) is 19.4 Å². The van der Waals surface area contributed by atoms with E-state index in [4.69, 9.17) is 5.73 Å². The van der Waals surface area contributed by atoms with E-state index in [9.17, 15) is 0 Å². The molecule has 1 fully saturated rings. The third-order valence-corrected chi connectivity index (χ3v) is 4.09. The average molecular weight is 271 g/mol. The summed E-state index contributed by atoms with van der Waals surface area (Å²) in [5.74, 6) is 0.574. The lowest BCUT2D eigenvalue weighted by molar-refractivity contribution is 0.312. The Balaban J connectivity index is 1.98. The van der Waals surface area contributed by atoms with Crippen molar-refractivity contribution in [3.8, 4) is 5.69 Å². The fourth-order valence-corrected chi connectivity index (χ4v) is 3.05. The number of nitrogens with two attached hydrogens (primary N) is 1. The van der Waals surface area contributed by atoms with Crippen LogP contribution >= 0.6 is 0 Å². The Morgan fingerprint density at radius 1 is 1.35 bits per heavy atom. The second-order valence-electron chi connectivity index (χ2n) is 5.63. The van der Waals surface area contributed by atoms with Crippen molar-refractivity contribution >= 4 is 0 Å². The van der Waals surface area contributed by atoms with Gasteiger partial charge >= 0.3 is 0 Å². The minimum atomic E-state index is 0.394. The first-order chi connectivity index (χ1) is 9.69. The van der Waals surface area contributed by atoms with Crippen molar-refractivity contribution in [2.75, 3.05) is 20.1 Å². The average Bonchev–Trinajstić information content (AvgIpc) is 3.05. The van der Waals surface area contributed by atoms with E-state index in [1.54, 1.807) is 11.0 Å². The van der Waals surface area contributed by atoms with E-state index in [1.165, 1.54) is 5.56 Å². The summed E-state index contributed by atoms with van der Waals surface area (Å²) in [5.41, 5.74) is 9.11. The van der Waals surface area contributed by atoms with Crippen LogP contribution in [0.2, 0.25) is 0 Å². The van der Waals surface area contributed by atoms with Gasteiger partial charge in [-0.25, -0.2) is 0 Å². The van der Waals surface area contributed by atoms with Gasteiger partial charge in [-0.15, -0.1) is 0 Å². The minimum absolute atomic E-state index is 0.394. The second-order valence-corrected chi connectivity index (χ2v) is 5.63. The van der Waals surface area contributed by atoms with Crippen molar-refractivity contribution in [3.63, 3.8) is 0 Å². The van der Waals surface area contributed by atoms with E-state index in [2.05, 4.69) is 40.3 Å². The fourth-order valence-electron chi connectivity index (χ4n) is 3.05. The van der Waals surface area contributed by atoms with Crippen LogP contribution in [0.3, 0.4) is 0 Å². The Labute approximate surface area is 119 Å². The molecule has 20 heavy (non-hydrogen) atoms. The maximum atomic E-state index is 5.83. The second kappa shape index (κ2) is 5.34. The molecular formula is C15H21N5. The van der Waals surface area contributed by atoms with E-state index < -0.39 is 0 Å². The lowest BCUT2D eigenvalue weighted by Gasteiger charge is -2.21. The number of nitrogens with zero attached hydrogens (tertiary/aromatic N) is 4. The quantitative estimate of drug-likeness (QED) is 0.919. The standard InChI is InChI=1S/C15H21N5/c1-11-9-17-20(18-11)14-6-4-3-5-13(14)15-7-12(8-16)10-19(15)2/h3-6,9,12,15H,7-8,10,16H2,1-2H3. The van der Waals surface area contributed by atoms with Crippen molar-refractivity contribution in [1.29, 1.82) is 0 Å². The Morgan fingerprint density at radius 2 is 2.15 bits per heavy atom. The van der Waals surface area contributed by atoms with Crippen molar-refractivity contribution in [2.24, 2.45) is 11.7 Å². The zero-order valence-corrected chi connectivity index (χ0v) is 12.0. The summed E-state index contributed by atoms with van der Waals surface area (Å²) < 4.78 is 0. The molecule has 2 heterocycles. The number of aryl methyl sites for hydroxylation is 1. The summed E-state index contributed by atoms with van der Waals surface area (Å²) in [6.07, 6.45) is 2.89. The van der Waals surface area contributed by atoms with Crippen LogP contribution in [0.5, 0.6) is 0 Å². The molecule has 2 unspecified atom stereocenters. The van der Waals surface area contributed by atoms with Crippen LogP contribution in [-0.4, -0.2) is 40.0 Å². The highest BCUT2D eigenvalue weighted by Crippen LogP contribution is 2.36. The van der Waals surface area contributed by atoms with Gasteiger partial charge in [0.2, 0.25) is 0 Å². The summed E-state index contributed by atoms with van der Waals surface area (Å²) in [6, 6.07) is 8.77. The van der Waals surface area contributed by atoms with E-state index in [0.717, 1.165) is 30.9 Å². The number of aromatic nitrogens is 3. The van der Waals surface area contributed by atoms with Gasteiger partial charge in [-0.2, -0.15) is 15.0 Å². The molecule has 1 saturated heterocycles. The lowest BCUT2D eigenvalue weighted by Crippen LogP contribution is -2.21. The van der Waals surface area contributed by atoms with Crippen LogP contribution in [0.1, 0.15) is 23.7 Å². The Morgan fingerprint density at radius 3 is 2.80 bits per heavy atom. The first-order valence-corrected chi connectivity index (χ1v) is 7.07. The van der Waals surface area contributed by atoms with E-state index >= 15 is 0 Å². The molecule has 0 radical (unpaired) electrons. The van der Waals surface area contributed by atoms with Gasteiger partial charge in [-0.1, -0.05) is 18.2 Å². The van der Waals surface area contributed by atoms with Gasteiger partial charge in [0.05, 0.1) is 17.6 Å². The molecule has 3 rings (SSSR count). The largest absolute Gasteiger partial charge is 0.330 e. The summed E-state index contributed by atoms with van der Waals surface area (Å²) in [4.78, 5) is 4.11. The molecule has 5 nitrogen and oxygen atoms in total. The summed E-state index contributed by atoms with van der Waals surface area (Å²) in [6.45, 7) is 3.77. The molecule has 2 N–H and O–H groups in total. The predicted octanol–water partition coefficient (Wildman–Crippen LogP) is 1.53. The molecule has 0 spiro atoms. The number of likely N-dealkylation sites (tertiary alicyclic amines) is 1. The number of para-hydroxylation sites is 1. The molecule has 2 atom stereocenters. The molecule has 1 aliphatic heterocycles. The summed E-state index contributed by atoms with van der Waals surface area (Å²) in [7, 11) is 2.17. The zero-order chi connectivity index (χ0) is 14.1. The number of rotatable bonds is 3. The Hall–Kier alpha value is -1.72. The van der Waals surface area contributed by atoms with Gasteiger partial charge in [0, 0.05) is 12.6 Å². The van der Waals surface area contributed by atoms with Gasteiger partial charge in [0.1, 0.15) is 0 Å². The highest BCUT2D eigenvalue weighted by molar-refractivity contribution is 5.42. The van der Waals surface area contributed by atoms with Crippen LogP contribution < -0.4 is 5.73 Å². The third kappa shape index (κ3) is 2.34. The molecule has 1 aromatic heterocycles. The zero-order valence-electron chi connectivity index (χ0n) is 12.0. The lowest BCUT2D eigenvalue weighted by atomic mass is 9.98. The van der Waals surface area contributed by atoms with Gasteiger partial charge in [0.15, 0.2) is 0 Å². The van der Waals surface area contributed by atoms with Crippen LogP contribution in [-0.2, 0) is 0 Å². The predicted molar refractivity (Wildman–Crippen MR) is 78.6 cm³/mol. The normalized spacial score (nSPS) is 23.4. The summed E-state index contributed by atoms with van der Waals surface area (Å²) in [5, 5.41) is 8.78. The monoisotopic (exact) mass is 271 g/mol. The molecular weight excluding hydrogens is 250 g/mol. The van der Waals surface area contributed by atoms with Crippen LogP contribution in [0.25, 0.3) is 5.69 Å². The molecule has 5 heteroatoms. The van der Waals surface area contributed by atoms with E-state index in [1.807, 2.05) is 13.0 Å².